The van der Waals surface area contributed by atoms with Gasteiger partial charge in [-0.2, -0.15) is 0 Å². The van der Waals surface area contributed by atoms with Crippen molar-refractivity contribution in [2.45, 2.75) is 32.3 Å². The first kappa shape index (κ1) is 27.7. The van der Waals surface area contributed by atoms with Crippen LogP contribution in [-0.4, -0.2) is 46.1 Å². The van der Waals surface area contributed by atoms with E-state index in [9.17, 15) is 0 Å². The van der Waals surface area contributed by atoms with Gasteiger partial charge in [-0.25, -0.2) is 0 Å². The molecule has 6 heteroatoms. The highest BCUT2D eigenvalue weighted by atomic mass is 16.8. The van der Waals surface area contributed by atoms with Crippen LogP contribution in [0.2, 0.25) is 0 Å². The van der Waals surface area contributed by atoms with Crippen molar-refractivity contribution in [1.29, 1.82) is 0 Å². The second-order valence-electron chi connectivity index (χ2n) is 9.87. The van der Waals surface area contributed by atoms with Crippen molar-refractivity contribution >= 4 is 0 Å². The molecule has 0 amide bonds. The maximum Gasteiger partial charge on any atom is 0.223 e. The van der Waals surface area contributed by atoms with E-state index in [1.165, 1.54) is 27.8 Å². The summed E-state index contributed by atoms with van der Waals surface area (Å²) in [6.45, 7) is 4.69. The number of aryl methyl sites for hydroxylation is 1. The topological polar surface area (TPSA) is 62.0 Å². The molecule has 0 radical (unpaired) electrons. The molecular formula is C34H36O6. The molecule has 2 fully saturated rings. The lowest BCUT2D eigenvalue weighted by molar-refractivity contribution is 0.146. The maximum atomic E-state index is 5.56. The minimum atomic E-state index is -0.0449. The minimum Gasteiger partial charge on any atom is -0.491 e. The normalized spacial score (nSPS) is 16.9. The summed E-state index contributed by atoms with van der Waals surface area (Å²) in [6.07, 6.45) is 1.78. The summed E-state index contributed by atoms with van der Waals surface area (Å²) in [5.41, 5.74) is 6.42. The van der Waals surface area contributed by atoms with Gasteiger partial charge in [-0.3, -0.25) is 0 Å². The average molecular weight is 541 g/mol. The molecule has 4 aromatic rings. The summed E-state index contributed by atoms with van der Waals surface area (Å²) < 4.78 is 31.7. The summed E-state index contributed by atoms with van der Waals surface area (Å²) in [4.78, 5) is 0. The van der Waals surface area contributed by atoms with Gasteiger partial charge in [0.15, 0.2) is 0 Å². The third-order valence-electron chi connectivity index (χ3n) is 6.40. The van der Waals surface area contributed by atoms with Gasteiger partial charge in [0.1, 0.15) is 37.1 Å². The second-order valence-corrected chi connectivity index (χ2v) is 9.87. The molecule has 6 rings (SSSR count). The van der Waals surface area contributed by atoms with E-state index in [-0.39, 0.29) is 12.6 Å². The van der Waals surface area contributed by atoms with E-state index in [1.807, 2.05) is 36.4 Å². The van der Waals surface area contributed by atoms with Crippen molar-refractivity contribution in [1.82, 2.24) is 0 Å². The zero-order valence-corrected chi connectivity index (χ0v) is 23.1. The molecule has 2 heterocycles. The molecule has 0 bridgehead atoms. The van der Waals surface area contributed by atoms with Crippen LogP contribution >= 0.6 is 0 Å². The van der Waals surface area contributed by atoms with Crippen LogP contribution in [0, 0.1) is 6.92 Å². The summed E-state index contributed by atoms with van der Waals surface area (Å²) in [5, 5.41) is 0. The molecule has 0 N–H and O–H groups in total. The average Bonchev–Trinajstić information content (AvgIpc) is 3.92. The van der Waals surface area contributed by atoms with Crippen molar-refractivity contribution in [2.75, 3.05) is 33.5 Å². The van der Waals surface area contributed by atoms with Crippen molar-refractivity contribution in [3.8, 4) is 17.2 Å². The quantitative estimate of drug-likeness (QED) is 0.154. The molecule has 2 atom stereocenters. The molecule has 208 valence electrons. The molecule has 2 saturated heterocycles. The number of hydrogen-bond donors (Lipinski definition) is 0. The predicted molar refractivity (Wildman–Crippen MR) is 154 cm³/mol. The molecule has 6 nitrogen and oxygen atoms in total. The Balaban J connectivity index is 0.000000164. The van der Waals surface area contributed by atoms with E-state index in [1.54, 1.807) is 7.11 Å². The standard InChI is InChI=1S/C18H20O4.C16H16O2/c1-19-10-11-20-16-6-2-14(3-7-16)12-15-4-8-17(9-5-15)22-18-13-21-18;1-12-2-4-13(5-3-12)10-14-6-8-15(9-7-14)18-16-11-17-16/h2-9,18H,10-13H2,1H3;2-9,16H,10-11H2,1H3. The van der Waals surface area contributed by atoms with Crippen LogP contribution in [0.1, 0.15) is 27.8 Å². The lowest BCUT2D eigenvalue weighted by Gasteiger charge is -2.07. The lowest BCUT2D eigenvalue weighted by Crippen LogP contribution is -2.04. The van der Waals surface area contributed by atoms with Gasteiger partial charge in [0.25, 0.3) is 0 Å². The van der Waals surface area contributed by atoms with Crippen LogP contribution in [0.4, 0.5) is 0 Å². The highest BCUT2D eigenvalue weighted by Gasteiger charge is 2.25. The Hall–Kier alpha value is -3.84. The predicted octanol–water partition coefficient (Wildman–Crippen LogP) is 6.36. The summed E-state index contributed by atoms with van der Waals surface area (Å²) in [7, 11) is 1.67. The van der Waals surface area contributed by atoms with Gasteiger partial charge in [0.05, 0.1) is 6.61 Å². The molecule has 4 aromatic carbocycles. The van der Waals surface area contributed by atoms with Gasteiger partial charge in [0, 0.05) is 7.11 Å². The van der Waals surface area contributed by atoms with Crippen LogP contribution in [0.15, 0.2) is 97.1 Å². The molecule has 2 unspecified atom stereocenters. The molecule has 0 spiro atoms. The first-order valence-corrected chi connectivity index (χ1v) is 13.6. The Bertz CT molecular complexity index is 1290. The fourth-order valence-corrected chi connectivity index (χ4v) is 4.01. The van der Waals surface area contributed by atoms with E-state index in [0.717, 1.165) is 30.1 Å². The fourth-order valence-electron chi connectivity index (χ4n) is 4.01. The summed E-state index contributed by atoms with van der Waals surface area (Å²) in [6, 6.07) is 33.2. The monoisotopic (exact) mass is 540 g/mol. The fraction of sp³-hybridized carbons (Fsp3) is 0.294. The Labute approximate surface area is 236 Å². The molecule has 2 aliphatic rings. The van der Waals surface area contributed by atoms with Gasteiger partial charge in [0.2, 0.25) is 12.6 Å². The minimum absolute atomic E-state index is 0.0204. The smallest absolute Gasteiger partial charge is 0.223 e. The van der Waals surface area contributed by atoms with E-state index in [2.05, 4.69) is 67.6 Å². The zero-order valence-electron chi connectivity index (χ0n) is 23.1. The highest BCUT2D eigenvalue weighted by molar-refractivity contribution is 5.35. The first-order valence-electron chi connectivity index (χ1n) is 13.6. The van der Waals surface area contributed by atoms with Crippen molar-refractivity contribution < 1.29 is 28.4 Å². The van der Waals surface area contributed by atoms with E-state index >= 15 is 0 Å². The number of rotatable bonds is 12. The Morgan fingerprint density at radius 2 is 0.925 bits per heavy atom. The summed E-state index contributed by atoms with van der Waals surface area (Å²) in [5.74, 6) is 2.60. The zero-order chi connectivity index (χ0) is 27.6. The van der Waals surface area contributed by atoms with Crippen LogP contribution in [0.3, 0.4) is 0 Å². The molecular weight excluding hydrogens is 504 g/mol. The van der Waals surface area contributed by atoms with E-state index < -0.39 is 0 Å². The first-order chi connectivity index (χ1) is 19.6. The third kappa shape index (κ3) is 9.42. The number of methoxy groups -OCH3 is 1. The summed E-state index contributed by atoms with van der Waals surface area (Å²) >= 11 is 0. The molecule has 0 saturated carbocycles. The van der Waals surface area contributed by atoms with Gasteiger partial charge < -0.3 is 28.4 Å². The van der Waals surface area contributed by atoms with Crippen molar-refractivity contribution in [2.24, 2.45) is 0 Å². The molecule has 40 heavy (non-hydrogen) atoms. The van der Waals surface area contributed by atoms with Crippen molar-refractivity contribution in [3.63, 3.8) is 0 Å². The number of hydrogen-bond acceptors (Lipinski definition) is 6. The Morgan fingerprint density at radius 3 is 1.30 bits per heavy atom. The van der Waals surface area contributed by atoms with Gasteiger partial charge >= 0.3 is 0 Å². The molecule has 0 aromatic heterocycles. The van der Waals surface area contributed by atoms with Crippen LogP contribution < -0.4 is 14.2 Å². The number of epoxide rings is 2. The van der Waals surface area contributed by atoms with Crippen molar-refractivity contribution in [3.05, 3.63) is 125 Å². The highest BCUT2D eigenvalue weighted by Crippen LogP contribution is 2.22. The third-order valence-corrected chi connectivity index (χ3v) is 6.40. The van der Waals surface area contributed by atoms with E-state index in [0.29, 0.717) is 26.4 Å². The SMILES string of the molecule is COCCOc1ccc(Cc2ccc(OC3CO3)cc2)cc1.Cc1ccc(Cc2ccc(OC3CO3)cc2)cc1. The molecule has 2 aliphatic heterocycles. The van der Waals surface area contributed by atoms with Gasteiger partial charge in [-0.15, -0.1) is 0 Å². The second kappa shape index (κ2) is 14.0. The Kier molecular flexibility index (Phi) is 9.69. The van der Waals surface area contributed by atoms with Crippen LogP contribution in [-0.2, 0) is 27.1 Å². The van der Waals surface area contributed by atoms with Crippen LogP contribution in [0.5, 0.6) is 17.2 Å². The number of benzene rings is 4. The maximum absolute atomic E-state index is 5.56. The Morgan fingerprint density at radius 1 is 0.550 bits per heavy atom. The number of ether oxygens (including phenoxy) is 6. The van der Waals surface area contributed by atoms with E-state index in [4.69, 9.17) is 28.4 Å². The van der Waals surface area contributed by atoms with Crippen LogP contribution in [0.25, 0.3) is 0 Å². The largest absolute Gasteiger partial charge is 0.491 e. The van der Waals surface area contributed by atoms with Gasteiger partial charge in [-0.1, -0.05) is 66.2 Å². The molecule has 0 aliphatic carbocycles. The lowest BCUT2D eigenvalue weighted by atomic mass is 10.0. The van der Waals surface area contributed by atoms with Gasteiger partial charge in [-0.05, 0) is 78.4 Å².